The van der Waals surface area contributed by atoms with Crippen molar-refractivity contribution in [3.63, 3.8) is 0 Å². The molecule has 108 valence electrons. The van der Waals surface area contributed by atoms with E-state index >= 15 is 0 Å². The maximum absolute atomic E-state index is 11.6. The lowest BCUT2D eigenvalue weighted by molar-refractivity contribution is 0.559. The number of primary sulfonamides is 1. The fourth-order valence-corrected chi connectivity index (χ4v) is 2.98. The van der Waals surface area contributed by atoms with Crippen molar-refractivity contribution in [1.82, 2.24) is 14.8 Å². The molecule has 1 aromatic carbocycles. The van der Waals surface area contributed by atoms with E-state index < -0.39 is 10.0 Å². The van der Waals surface area contributed by atoms with E-state index in [0.717, 1.165) is 22.0 Å². The van der Waals surface area contributed by atoms with E-state index in [1.165, 1.54) is 0 Å². The van der Waals surface area contributed by atoms with Crippen molar-refractivity contribution in [2.75, 3.05) is 0 Å². The number of rotatable bonds is 4. The molecule has 0 fully saturated rings. The maximum atomic E-state index is 11.6. The number of halogens is 1. The van der Waals surface area contributed by atoms with E-state index in [1.54, 1.807) is 4.57 Å². The molecule has 20 heavy (non-hydrogen) atoms. The molecule has 2 N–H and O–H groups in total. The zero-order valence-electron chi connectivity index (χ0n) is 11.2. The van der Waals surface area contributed by atoms with E-state index in [-0.39, 0.29) is 5.16 Å². The molecule has 2 aromatic rings. The third-order valence-electron chi connectivity index (χ3n) is 2.93. The van der Waals surface area contributed by atoms with Crippen LogP contribution >= 0.6 is 15.9 Å². The minimum atomic E-state index is -3.89. The molecule has 0 aliphatic carbocycles. The molecular weight excluding hydrogens is 344 g/mol. The lowest BCUT2D eigenvalue weighted by Gasteiger charge is -2.10. The topological polar surface area (TPSA) is 90.9 Å². The van der Waals surface area contributed by atoms with Gasteiger partial charge < -0.3 is 0 Å². The number of sulfonamides is 1. The summed E-state index contributed by atoms with van der Waals surface area (Å²) in [5.41, 5.74) is 1.80. The van der Waals surface area contributed by atoms with Crippen LogP contribution in [0.4, 0.5) is 0 Å². The first kappa shape index (κ1) is 15.1. The first-order valence-electron chi connectivity index (χ1n) is 6.07. The summed E-state index contributed by atoms with van der Waals surface area (Å²) in [6, 6.07) is 5.66. The Kier molecular flexibility index (Phi) is 4.26. The third kappa shape index (κ3) is 2.77. The van der Waals surface area contributed by atoms with Gasteiger partial charge in [-0.05, 0) is 25.0 Å². The van der Waals surface area contributed by atoms with Crippen molar-refractivity contribution in [1.29, 1.82) is 0 Å². The molecule has 0 aliphatic rings. The molecule has 0 saturated heterocycles. The Morgan fingerprint density at radius 1 is 1.35 bits per heavy atom. The summed E-state index contributed by atoms with van der Waals surface area (Å²) >= 11 is 3.45. The normalized spacial score (nSPS) is 11.8. The zero-order chi connectivity index (χ0) is 14.9. The van der Waals surface area contributed by atoms with Crippen LogP contribution in [0.2, 0.25) is 0 Å². The second-order valence-corrected chi connectivity index (χ2v) is 6.72. The van der Waals surface area contributed by atoms with Gasteiger partial charge >= 0.3 is 0 Å². The number of aromatic nitrogens is 3. The molecule has 0 spiro atoms. The molecule has 0 unspecified atom stereocenters. The number of nitrogens with two attached hydrogens (primary N) is 1. The molecule has 2 rings (SSSR count). The summed E-state index contributed by atoms with van der Waals surface area (Å²) in [7, 11) is -3.89. The minimum Gasteiger partial charge on any atom is -0.297 e. The summed E-state index contributed by atoms with van der Waals surface area (Å²) < 4.78 is 25.6. The molecule has 0 bridgehead atoms. The first-order chi connectivity index (χ1) is 9.36. The average molecular weight is 359 g/mol. The van der Waals surface area contributed by atoms with Gasteiger partial charge in [0.2, 0.25) is 0 Å². The van der Waals surface area contributed by atoms with Gasteiger partial charge in [-0.15, -0.1) is 10.2 Å². The maximum Gasteiger partial charge on any atom is 0.273 e. The van der Waals surface area contributed by atoms with E-state index in [0.29, 0.717) is 12.4 Å². The summed E-state index contributed by atoms with van der Waals surface area (Å²) in [5, 5.41) is 12.7. The van der Waals surface area contributed by atoms with Crippen molar-refractivity contribution in [2.45, 2.75) is 32.0 Å². The molecule has 1 heterocycles. The number of nitrogens with zero attached hydrogens (tertiary/aromatic N) is 3. The van der Waals surface area contributed by atoms with Crippen molar-refractivity contribution >= 4 is 26.0 Å². The minimum absolute atomic E-state index is 0.200. The van der Waals surface area contributed by atoms with Crippen molar-refractivity contribution in [2.24, 2.45) is 5.14 Å². The van der Waals surface area contributed by atoms with E-state index in [1.807, 2.05) is 32.0 Å². The van der Waals surface area contributed by atoms with Crippen LogP contribution in [0.3, 0.4) is 0 Å². The Labute approximate surface area is 126 Å². The highest BCUT2D eigenvalue weighted by Crippen LogP contribution is 2.28. The van der Waals surface area contributed by atoms with Crippen LogP contribution < -0.4 is 5.14 Å². The molecular formula is C12H15BrN4O2S. The quantitative estimate of drug-likeness (QED) is 0.905. The smallest absolute Gasteiger partial charge is 0.273 e. The SMILES string of the molecule is CCCn1c(-c2cccc(Br)c2C)nnc1S(N)(=O)=O. The van der Waals surface area contributed by atoms with Crippen LogP contribution in [-0.4, -0.2) is 23.2 Å². The van der Waals surface area contributed by atoms with E-state index in [4.69, 9.17) is 5.14 Å². The van der Waals surface area contributed by atoms with Crippen LogP contribution in [0, 0.1) is 6.92 Å². The van der Waals surface area contributed by atoms with Crippen molar-refractivity contribution in [3.05, 3.63) is 28.2 Å². The Bertz CT molecular complexity index is 740. The Balaban J connectivity index is 2.69. The van der Waals surface area contributed by atoms with Gasteiger partial charge in [0.05, 0.1) is 0 Å². The Morgan fingerprint density at radius 2 is 2.05 bits per heavy atom. The first-order valence-corrected chi connectivity index (χ1v) is 8.41. The summed E-state index contributed by atoms with van der Waals surface area (Å²) in [6.45, 7) is 4.37. The second kappa shape index (κ2) is 5.63. The molecule has 0 amide bonds. The molecule has 0 radical (unpaired) electrons. The highest BCUT2D eigenvalue weighted by Gasteiger charge is 2.22. The second-order valence-electron chi connectivity index (χ2n) is 4.42. The van der Waals surface area contributed by atoms with Gasteiger partial charge in [0.25, 0.3) is 15.2 Å². The fourth-order valence-electron chi connectivity index (χ4n) is 1.97. The van der Waals surface area contributed by atoms with Gasteiger partial charge in [-0.2, -0.15) is 0 Å². The molecule has 0 aliphatic heterocycles. The summed E-state index contributed by atoms with van der Waals surface area (Å²) in [5.74, 6) is 0.509. The van der Waals surface area contributed by atoms with Gasteiger partial charge in [0.15, 0.2) is 5.82 Å². The third-order valence-corrected chi connectivity index (χ3v) is 4.60. The van der Waals surface area contributed by atoms with Crippen LogP contribution in [0.25, 0.3) is 11.4 Å². The van der Waals surface area contributed by atoms with Gasteiger partial charge in [0.1, 0.15) is 0 Å². The standard InChI is InChI=1S/C12H15BrN4O2S/c1-3-7-17-11(15-16-12(17)20(14,18)19)9-5-4-6-10(13)8(9)2/h4-6H,3,7H2,1-2H3,(H2,14,18,19). The lowest BCUT2D eigenvalue weighted by Crippen LogP contribution is -2.19. The van der Waals surface area contributed by atoms with Crippen LogP contribution in [-0.2, 0) is 16.6 Å². The predicted molar refractivity (Wildman–Crippen MR) is 79.6 cm³/mol. The zero-order valence-corrected chi connectivity index (χ0v) is 13.6. The van der Waals surface area contributed by atoms with E-state index in [2.05, 4.69) is 26.1 Å². The number of hydrogen-bond acceptors (Lipinski definition) is 4. The summed E-state index contributed by atoms with van der Waals surface area (Å²) in [6.07, 6.45) is 0.751. The Hall–Kier alpha value is -1.25. The van der Waals surface area contributed by atoms with Crippen LogP contribution in [0.1, 0.15) is 18.9 Å². The Morgan fingerprint density at radius 3 is 2.65 bits per heavy atom. The van der Waals surface area contributed by atoms with Crippen molar-refractivity contribution < 1.29 is 8.42 Å². The monoisotopic (exact) mass is 358 g/mol. The number of benzene rings is 1. The average Bonchev–Trinajstić information content (AvgIpc) is 2.77. The highest BCUT2D eigenvalue weighted by atomic mass is 79.9. The largest absolute Gasteiger partial charge is 0.297 e. The fraction of sp³-hybridized carbons (Fsp3) is 0.333. The van der Waals surface area contributed by atoms with Gasteiger partial charge in [0, 0.05) is 16.6 Å². The molecule has 0 saturated carbocycles. The molecule has 0 atom stereocenters. The van der Waals surface area contributed by atoms with Gasteiger partial charge in [-0.25, -0.2) is 13.6 Å². The predicted octanol–water partition coefficient (Wildman–Crippen LogP) is 2.07. The van der Waals surface area contributed by atoms with Crippen LogP contribution in [0.5, 0.6) is 0 Å². The number of hydrogen-bond donors (Lipinski definition) is 1. The van der Waals surface area contributed by atoms with E-state index in [9.17, 15) is 8.42 Å². The highest BCUT2D eigenvalue weighted by molar-refractivity contribution is 9.10. The summed E-state index contributed by atoms with van der Waals surface area (Å²) in [4.78, 5) is 0. The van der Waals surface area contributed by atoms with Crippen molar-refractivity contribution in [3.8, 4) is 11.4 Å². The van der Waals surface area contributed by atoms with Gasteiger partial charge in [-0.3, -0.25) is 4.57 Å². The molecule has 8 heteroatoms. The molecule has 6 nitrogen and oxygen atoms in total. The van der Waals surface area contributed by atoms with Gasteiger partial charge in [-0.1, -0.05) is 35.0 Å². The molecule has 1 aromatic heterocycles. The lowest BCUT2D eigenvalue weighted by atomic mass is 10.1. The van der Waals surface area contributed by atoms with Crippen LogP contribution in [0.15, 0.2) is 27.8 Å².